The number of nitro benzene ring substituents is 1. The second-order valence-electron chi connectivity index (χ2n) is 3.98. The highest BCUT2D eigenvalue weighted by Crippen LogP contribution is 2.29. The lowest BCUT2D eigenvalue weighted by atomic mass is 10.2. The second kappa shape index (κ2) is 5.86. The summed E-state index contributed by atoms with van der Waals surface area (Å²) >= 11 is 0. The maximum atomic E-state index is 10.8. The Morgan fingerprint density at radius 2 is 1.95 bits per heavy atom. The van der Waals surface area contributed by atoms with E-state index in [0.29, 0.717) is 6.54 Å². The third-order valence-electron chi connectivity index (χ3n) is 2.72. The van der Waals surface area contributed by atoms with Crippen molar-refractivity contribution < 1.29 is 9.66 Å². The molecular weight excluding hydrogens is 244 g/mol. The molecule has 19 heavy (non-hydrogen) atoms. The van der Waals surface area contributed by atoms with Crippen LogP contribution in [0.15, 0.2) is 48.5 Å². The van der Waals surface area contributed by atoms with Crippen molar-refractivity contribution in [2.24, 2.45) is 0 Å². The van der Waals surface area contributed by atoms with E-state index in [1.807, 2.05) is 30.3 Å². The van der Waals surface area contributed by atoms with Crippen LogP contribution in [0.25, 0.3) is 0 Å². The van der Waals surface area contributed by atoms with Crippen LogP contribution in [0.1, 0.15) is 5.56 Å². The third-order valence-corrected chi connectivity index (χ3v) is 2.72. The molecule has 0 spiro atoms. The van der Waals surface area contributed by atoms with Gasteiger partial charge in [0, 0.05) is 24.4 Å². The number of ether oxygens (including phenoxy) is 1. The van der Waals surface area contributed by atoms with Crippen LogP contribution in [0, 0.1) is 10.1 Å². The molecule has 0 atom stereocenters. The normalized spacial score (nSPS) is 9.95. The van der Waals surface area contributed by atoms with Crippen LogP contribution in [-0.2, 0) is 6.54 Å². The molecule has 98 valence electrons. The van der Waals surface area contributed by atoms with E-state index in [1.54, 1.807) is 12.1 Å². The van der Waals surface area contributed by atoms with E-state index in [1.165, 1.54) is 13.2 Å². The number of hydrogen-bond acceptors (Lipinski definition) is 4. The monoisotopic (exact) mass is 258 g/mol. The molecule has 0 aliphatic carbocycles. The molecule has 2 rings (SSSR count). The van der Waals surface area contributed by atoms with Gasteiger partial charge in [0.25, 0.3) is 0 Å². The van der Waals surface area contributed by atoms with Gasteiger partial charge in [-0.2, -0.15) is 0 Å². The SMILES string of the molecule is COc1cc(NCc2ccccc2)ccc1[N+](=O)[O-]. The van der Waals surface area contributed by atoms with Gasteiger partial charge in [-0.3, -0.25) is 10.1 Å². The van der Waals surface area contributed by atoms with Crippen molar-refractivity contribution >= 4 is 11.4 Å². The minimum Gasteiger partial charge on any atom is -0.490 e. The van der Waals surface area contributed by atoms with E-state index >= 15 is 0 Å². The summed E-state index contributed by atoms with van der Waals surface area (Å²) in [6.45, 7) is 0.655. The summed E-state index contributed by atoms with van der Waals surface area (Å²) in [5.41, 5.74) is 1.89. The third kappa shape index (κ3) is 3.22. The minimum atomic E-state index is -0.459. The number of anilines is 1. The number of nitro groups is 1. The Morgan fingerprint density at radius 1 is 1.21 bits per heavy atom. The van der Waals surface area contributed by atoms with E-state index < -0.39 is 4.92 Å². The van der Waals surface area contributed by atoms with Crippen LogP contribution in [0.3, 0.4) is 0 Å². The first-order valence-electron chi connectivity index (χ1n) is 5.81. The van der Waals surface area contributed by atoms with Gasteiger partial charge in [-0.15, -0.1) is 0 Å². The topological polar surface area (TPSA) is 64.4 Å². The predicted molar refractivity (Wildman–Crippen MR) is 73.4 cm³/mol. The average molecular weight is 258 g/mol. The largest absolute Gasteiger partial charge is 0.490 e. The number of methoxy groups -OCH3 is 1. The maximum absolute atomic E-state index is 10.8. The summed E-state index contributed by atoms with van der Waals surface area (Å²) in [6, 6.07) is 14.6. The highest BCUT2D eigenvalue weighted by Gasteiger charge is 2.14. The van der Waals surface area contributed by atoms with Gasteiger partial charge in [-0.25, -0.2) is 0 Å². The molecule has 0 aliphatic rings. The van der Waals surface area contributed by atoms with Gasteiger partial charge in [-0.05, 0) is 11.6 Å². The highest BCUT2D eigenvalue weighted by molar-refractivity contribution is 5.58. The summed E-state index contributed by atoms with van der Waals surface area (Å²) in [6.07, 6.45) is 0. The molecule has 0 aliphatic heterocycles. The molecular formula is C14H14N2O3. The van der Waals surface area contributed by atoms with Crippen LogP contribution in [-0.4, -0.2) is 12.0 Å². The van der Waals surface area contributed by atoms with Gasteiger partial charge >= 0.3 is 5.69 Å². The molecule has 1 N–H and O–H groups in total. The Bertz CT molecular complexity index is 570. The van der Waals surface area contributed by atoms with E-state index in [2.05, 4.69) is 5.32 Å². The molecule has 0 saturated heterocycles. The molecule has 0 heterocycles. The lowest BCUT2D eigenvalue weighted by Gasteiger charge is -2.08. The fraction of sp³-hybridized carbons (Fsp3) is 0.143. The highest BCUT2D eigenvalue weighted by atomic mass is 16.6. The Morgan fingerprint density at radius 3 is 2.58 bits per heavy atom. The van der Waals surface area contributed by atoms with Crippen molar-refractivity contribution in [3.8, 4) is 5.75 Å². The van der Waals surface area contributed by atoms with Crippen LogP contribution in [0.4, 0.5) is 11.4 Å². The molecule has 5 nitrogen and oxygen atoms in total. The zero-order valence-corrected chi connectivity index (χ0v) is 10.5. The molecule has 0 aromatic heterocycles. The Labute approximate surface area is 111 Å². The zero-order valence-electron chi connectivity index (χ0n) is 10.5. The minimum absolute atomic E-state index is 0.0345. The molecule has 0 unspecified atom stereocenters. The first-order chi connectivity index (χ1) is 9.20. The van der Waals surface area contributed by atoms with Gasteiger partial charge in [0.15, 0.2) is 5.75 Å². The van der Waals surface area contributed by atoms with Crippen molar-refractivity contribution in [2.45, 2.75) is 6.54 Å². The van der Waals surface area contributed by atoms with Crippen LogP contribution in [0.5, 0.6) is 5.75 Å². The van der Waals surface area contributed by atoms with Crippen LogP contribution in [0.2, 0.25) is 0 Å². The Hall–Kier alpha value is -2.56. The molecule has 0 radical (unpaired) electrons. The first-order valence-corrected chi connectivity index (χ1v) is 5.81. The van der Waals surface area contributed by atoms with Crippen molar-refractivity contribution in [3.63, 3.8) is 0 Å². The summed E-state index contributed by atoms with van der Waals surface area (Å²) in [7, 11) is 1.42. The van der Waals surface area contributed by atoms with Crippen molar-refractivity contribution in [1.29, 1.82) is 0 Å². The van der Waals surface area contributed by atoms with Crippen molar-refractivity contribution in [1.82, 2.24) is 0 Å². The van der Waals surface area contributed by atoms with Gasteiger partial charge in [-0.1, -0.05) is 30.3 Å². The number of benzene rings is 2. The smallest absolute Gasteiger partial charge is 0.311 e. The summed E-state index contributed by atoms with van der Waals surface area (Å²) in [5, 5.41) is 14.0. The molecule has 0 saturated carbocycles. The van der Waals surface area contributed by atoms with Crippen LogP contribution >= 0.6 is 0 Å². The van der Waals surface area contributed by atoms with E-state index in [0.717, 1.165) is 11.3 Å². The van der Waals surface area contributed by atoms with Gasteiger partial charge < -0.3 is 10.1 Å². The van der Waals surface area contributed by atoms with Gasteiger partial charge in [0.05, 0.1) is 12.0 Å². The van der Waals surface area contributed by atoms with Crippen LogP contribution < -0.4 is 10.1 Å². The van der Waals surface area contributed by atoms with E-state index in [4.69, 9.17) is 4.74 Å². The standard InChI is InChI=1S/C14H14N2O3/c1-19-14-9-12(7-8-13(14)16(17)18)15-10-11-5-3-2-4-6-11/h2-9,15H,10H2,1H3. The van der Waals surface area contributed by atoms with Crippen molar-refractivity contribution in [3.05, 3.63) is 64.2 Å². The lowest BCUT2D eigenvalue weighted by Crippen LogP contribution is -2.00. The quantitative estimate of drug-likeness (QED) is 0.660. The zero-order chi connectivity index (χ0) is 13.7. The summed E-state index contributed by atoms with van der Waals surface area (Å²) < 4.78 is 5.02. The first kappa shape index (κ1) is 12.9. The molecule has 2 aromatic rings. The van der Waals surface area contributed by atoms with E-state index in [9.17, 15) is 10.1 Å². The maximum Gasteiger partial charge on any atom is 0.311 e. The second-order valence-corrected chi connectivity index (χ2v) is 3.98. The fourth-order valence-electron chi connectivity index (χ4n) is 1.74. The number of rotatable bonds is 5. The number of nitrogens with one attached hydrogen (secondary N) is 1. The van der Waals surface area contributed by atoms with Gasteiger partial charge in [0.1, 0.15) is 0 Å². The molecule has 0 bridgehead atoms. The number of nitrogens with zero attached hydrogens (tertiary/aromatic N) is 1. The van der Waals surface area contributed by atoms with E-state index in [-0.39, 0.29) is 11.4 Å². The summed E-state index contributed by atoms with van der Waals surface area (Å²) in [4.78, 5) is 10.3. The Balaban J connectivity index is 2.11. The molecule has 5 heteroatoms. The predicted octanol–water partition coefficient (Wildman–Crippen LogP) is 3.22. The average Bonchev–Trinajstić information content (AvgIpc) is 2.45. The summed E-state index contributed by atoms with van der Waals surface area (Å²) in [5.74, 6) is 0.253. The van der Waals surface area contributed by atoms with Gasteiger partial charge in [0.2, 0.25) is 0 Å². The number of hydrogen-bond donors (Lipinski definition) is 1. The molecule has 0 fully saturated rings. The molecule has 2 aromatic carbocycles. The lowest BCUT2D eigenvalue weighted by molar-refractivity contribution is -0.385. The Kier molecular flexibility index (Phi) is 3.97. The van der Waals surface area contributed by atoms with Crippen molar-refractivity contribution in [2.75, 3.05) is 12.4 Å². The molecule has 0 amide bonds. The fourth-order valence-corrected chi connectivity index (χ4v) is 1.74.